The van der Waals surface area contributed by atoms with Gasteiger partial charge in [0.1, 0.15) is 12.1 Å². The zero-order valence-electron chi connectivity index (χ0n) is 11.7. The zero-order valence-corrected chi connectivity index (χ0v) is 11.7. The highest BCUT2D eigenvalue weighted by Gasteiger charge is 2.37. The number of aromatic nitrogens is 2. The number of rotatable bonds is 5. The fourth-order valence-corrected chi connectivity index (χ4v) is 2.55. The molecule has 0 aliphatic carbocycles. The molecule has 1 aromatic heterocycles. The molecule has 1 aromatic rings. The van der Waals surface area contributed by atoms with Gasteiger partial charge in [-0.05, 0) is 12.8 Å². The van der Waals surface area contributed by atoms with Gasteiger partial charge in [0.25, 0.3) is 0 Å². The molecule has 2 atom stereocenters. The lowest BCUT2D eigenvalue weighted by Crippen LogP contribution is -2.52. The number of likely N-dealkylation sites (tertiary alicyclic amines) is 1. The van der Waals surface area contributed by atoms with E-state index in [1.807, 2.05) is 0 Å². The standard InChI is InChI=1S/C13H18N4O4/c1-8(18)16-10(5-9-6-14-7-15-9)12(19)17-4-2-3-11(17)13(20)21/h6-7,10-11H,2-5H2,1H3,(H,14,15)(H,16,18)(H,20,21)/t10-,11+/m1/s1. The Balaban J connectivity index is 2.13. The molecule has 8 nitrogen and oxygen atoms in total. The minimum Gasteiger partial charge on any atom is -0.480 e. The smallest absolute Gasteiger partial charge is 0.326 e. The van der Waals surface area contributed by atoms with Crippen LogP contribution in [0.5, 0.6) is 0 Å². The predicted molar refractivity (Wildman–Crippen MR) is 72.3 cm³/mol. The number of aliphatic carboxylic acids is 1. The van der Waals surface area contributed by atoms with Gasteiger partial charge in [-0.2, -0.15) is 0 Å². The van der Waals surface area contributed by atoms with E-state index >= 15 is 0 Å². The van der Waals surface area contributed by atoms with Crippen LogP contribution < -0.4 is 5.32 Å². The number of carboxylic acid groups (broad SMARTS) is 1. The molecule has 0 aromatic carbocycles. The third-order valence-corrected chi connectivity index (χ3v) is 3.48. The van der Waals surface area contributed by atoms with Crippen molar-refractivity contribution in [3.63, 3.8) is 0 Å². The number of imidazole rings is 1. The van der Waals surface area contributed by atoms with E-state index in [9.17, 15) is 14.4 Å². The number of carboxylic acids is 1. The number of aromatic amines is 1. The van der Waals surface area contributed by atoms with Gasteiger partial charge in [-0.1, -0.05) is 0 Å². The lowest BCUT2D eigenvalue weighted by Gasteiger charge is -2.26. The first kappa shape index (κ1) is 15.0. The van der Waals surface area contributed by atoms with Gasteiger partial charge < -0.3 is 20.3 Å². The van der Waals surface area contributed by atoms with Crippen LogP contribution in [0, 0.1) is 0 Å². The summed E-state index contributed by atoms with van der Waals surface area (Å²) in [5.74, 6) is -1.72. The van der Waals surface area contributed by atoms with Crippen LogP contribution in [0.2, 0.25) is 0 Å². The van der Waals surface area contributed by atoms with E-state index in [4.69, 9.17) is 5.11 Å². The summed E-state index contributed by atoms with van der Waals surface area (Å²) in [7, 11) is 0. The average molecular weight is 294 g/mol. The monoisotopic (exact) mass is 294 g/mol. The Bertz CT molecular complexity index is 528. The lowest BCUT2D eigenvalue weighted by molar-refractivity contribution is -0.149. The molecule has 8 heteroatoms. The van der Waals surface area contributed by atoms with Gasteiger partial charge in [0.05, 0.1) is 6.33 Å². The van der Waals surface area contributed by atoms with Crippen LogP contribution in [0.4, 0.5) is 0 Å². The maximum absolute atomic E-state index is 12.5. The molecular weight excluding hydrogens is 276 g/mol. The Morgan fingerprint density at radius 2 is 2.33 bits per heavy atom. The van der Waals surface area contributed by atoms with E-state index in [1.165, 1.54) is 18.2 Å². The van der Waals surface area contributed by atoms with Crippen molar-refractivity contribution in [1.29, 1.82) is 0 Å². The Labute approximate surface area is 121 Å². The van der Waals surface area contributed by atoms with Gasteiger partial charge in [0, 0.05) is 31.8 Å². The fraction of sp³-hybridized carbons (Fsp3) is 0.538. The highest BCUT2D eigenvalue weighted by Crippen LogP contribution is 2.19. The zero-order chi connectivity index (χ0) is 15.4. The number of nitrogens with zero attached hydrogens (tertiary/aromatic N) is 2. The van der Waals surface area contributed by atoms with Crippen molar-refractivity contribution < 1.29 is 19.5 Å². The number of nitrogens with one attached hydrogen (secondary N) is 2. The van der Waals surface area contributed by atoms with Gasteiger partial charge in [-0.15, -0.1) is 0 Å². The van der Waals surface area contributed by atoms with Crippen molar-refractivity contribution in [3.05, 3.63) is 18.2 Å². The quantitative estimate of drug-likeness (QED) is 0.679. The first-order chi connectivity index (χ1) is 9.99. The fourth-order valence-electron chi connectivity index (χ4n) is 2.55. The maximum atomic E-state index is 12.5. The van der Waals surface area contributed by atoms with Gasteiger partial charge in [-0.3, -0.25) is 9.59 Å². The third kappa shape index (κ3) is 3.59. The van der Waals surface area contributed by atoms with Crippen LogP contribution in [0.15, 0.2) is 12.5 Å². The minimum absolute atomic E-state index is 0.251. The highest BCUT2D eigenvalue weighted by molar-refractivity contribution is 5.90. The van der Waals surface area contributed by atoms with Crippen molar-refractivity contribution in [2.24, 2.45) is 0 Å². The van der Waals surface area contributed by atoms with Crippen molar-refractivity contribution in [3.8, 4) is 0 Å². The van der Waals surface area contributed by atoms with E-state index in [-0.39, 0.29) is 18.2 Å². The van der Waals surface area contributed by atoms with Crippen molar-refractivity contribution in [2.75, 3.05) is 6.54 Å². The molecule has 2 heterocycles. The number of carbonyl (C=O) groups is 3. The summed E-state index contributed by atoms with van der Waals surface area (Å²) < 4.78 is 0. The van der Waals surface area contributed by atoms with Crippen LogP contribution in [-0.2, 0) is 20.8 Å². The van der Waals surface area contributed by atoms with Crippen molar-refractivity contribution >= 4 is 17.8 Å². The molecule has 0 unspecified atom stereocenters. The molecular formula is C13H18N4O4. The van der Waals surface area contributed by atoms with Crippen molar-refractivity contribution in [1.82, 2.24) is 20.2 Å². The van der Waals surface area contributed by atoms with E-state index in [0.29, 0.717) is 25.1 Å². The number of H-pyrrole nitrogens is 1. The van der Waals surface area contributed by atoms with E-state index < -0.39 is 18.1 Å². The van der Waals surface area contributed by atoms with Gasteiger partial charge in [-0.25, -0.2) is 9.78 Å². The first-order valence-electron chi connectivity index (χ1n) is 6.76. The molecule has 2 rings (SSSR count). The maximum Gasteiger partial charge on any atom is 0.326 e. The summed E-state index contributed by atoms with van der Waals surface area (Å²) in [5, 5.41) is 11.7. The van der Waals surface area contributed by atoms with E-state index in [0.717, 1.165) is 0 Å². The Morgan fingerprint density at radius 3 is 2.90 bits per heavy atom. The topological polar surface area (TPSA) is 115 Å². The van der Waals surface area contributed by atoms with Crippen molar-refractivity contribution in [2.45, 2.75) is 38.3 Å². The molecule has 114 valence electrons. The summed E-state index contributed by atoms with van der Waals surface area (Å²) in [6.45, 7) is 1.72. The van der Waals surface area contributed by atoms with Crippen LogP contribution in [-0.4, -0.2) is 56.4 Å². The molecule has 1 aliphatic heterocycles. The number of hydrogen-bond acceptors (Lipinski definition) is 4. The number of amides is 2. The molecule has 1 fully saturated rings. The summed E-state index contributed by atoms with van der Waals surface area (Å²) >= 11 is 0. The number of carbonyl (C=O) groups excluding carboxylic acids is 2. The molecule has 0 bridgehead atoms. The van der Waals surface area contributed by atoms with E-state index in [2.05, 4.69) is 15.3 Å². The van der Waals surface area contributed by atoms with E-state index in [1.54, 1.807) is 6.20 Å². The second-order valence-electron chi connectivity index (χ2n) is 5.06. The Hall–Kier alpha value is -2.38. The first-order valence-corrected chi connectivity index (χ1v) is 6.76. The molecule has 1 saturated heterocycles. The molecule has 2 amide bonds. The average Bonchev–Trinajstić information content (AvgIpc) is 3.07. The largest absolute Gasteiger partial charge is 0.480 e. The summed E-state index contributed by atoms with van der Waals surface area (Å²) in [5.41, 5.74) is 0.702. The molecule has 0 spiro atoms. The normalized spacial score (nSPS) is 19.3. The third-order valence-electron chi connectivity index (χ3n) is 3.48. The lowest BCUT2D eigenvalue weighted by atomic mass is 10.1. The molecule has 1 aliphatic rings. The molecule has 21 heavy (non-hydrogen) atoms. The predicted octanol–water partition coefficient (Wildman–Crippen LogP) is -0.467. The Morgan fingerprint density at radius 1 is 1.57 bits per heavy atom. The van der Waals surface area contributed by atoms with Gasteiger partial charge in [0.15, 0.2) is 0 Å². The molecule has 0 radical (unpaired) electrons. The van der Waals surface area contributed by atoms with Crippen LogP contribution >= 0.6 is 0 Å². The summed E-state index contributed by atoms with van der Waals surface area (Å²) in [4.78, 5) is 43.1. The van der Waals surface area contributed by atoms with Crippen LogP contribution in [0.25, 0.3) is 0 Å². The summed E-state index contributed by atoms with van der Waals surface area (Å²) in [6, 6.07) is -1.60. The molecule has 3 N–H and O–H groups in total. The van der Waals surface area contributed by atoms with Gasteiger partial charge in [0.2, 0.25) is 11.8 Å². The number of hydrogen-bond donors (Lipinski definition) is 3. The molecule has 0 saturated carbocycles. The summed E-state index contributed by atoms with van der Waals surface area (Å²) in [6.07, 6.45) is 4.40. The van der Waals surface area contributed by atoms with Crippen LogP contribution in [0.3, 0.4) is 0 Å². The second-order valence-corrected chi connectivity index (χ2v) is 5.06. The van der Waals surface area contributed by atoms with Crippen LogP contribution in [0.1, 0.15) is 25.5 Å². The van der Waals surface area contributed by atoms with Gasteiger partial charge >= 0.3 is 5.97 Å². The highest BCUT2D eigenvalue weighted by atomic mass is 16.4. The minimum atomic E-state index is -1.01. The second kappa shape index (κ2) is 6.38. The Kier molecular flexibility index (Phi) is 4.56. The SMILES string of the molecule is CC(=O)N[C@H](Cc1cnc[nH]1)C(=O)N1CCC[C@H]1C(=O)O.